The highest BCUT2D eigenvalue weighted by Gasteiger charge is 2.16. The number of rotatable bonds is 5. The van der Waals surface area contributed by atoms with Crippen LogP contribution in [0.1, 0.15) is 12.0 Å². The molecule has 0 radical (unpaired) electrons. The minimum Gasteiger partial charge on any atom is -0.488 e. The highest BCUT2D eigenvalue weighted by Crippen LogP contribution is 2.21. The zero-order chi connectivity index (χ0) is 20.2. The van der Waals surface area contributed by atoms with Crippen LogP contribution in [0.2, 0.25) is 5.02 Å². The number of benzene rings is 2. The Labute approximate surface area is 171 Å². The Morgan fingerprint density at radius 3 is 2.79 bits per heavy atom. The molecule has 0 aliphatic carbocycles. The van der Waals surface area contributed by atoms with Crippen LogP contribution >= 0.6 is 11.6 Å². The van der Waals surface area contributed by atoms with Crippen molar-refractivity contribution in [3.8, 4) is 5.75 Å². The van der Waals surface area contributed by atoms with Gasteiger partial charge in [0.2, 0.25) is 0 Å². The molecule has 2 heterocycles. The lowest BCUT2D eigenvalue weighted by Gasteiger charge is -2.11. The van der Waals surface area contributed by atoms with Crippen LogP contribution in [0, 0.1) is 0 Å². The van der Waals surface area contributed by atoms with Gasteiger partial charge in [-0.05, 0) is 48.5 Å². The number of aromatic amines is 1. The van der Waals surface area contributed by atoms with Crippen molar-refractivity contribution in [1.29, 1.82) is 0 Å². The second kappa shape index (κ2) is 8.46. The average Bonchev–Trinajstić information content (AvgIpc) is 3.23. The molecule has 1 unspecified atom stereocenters. The number of pyridine rings is 1. The fourth-order valence-corrected chi connectivity index (χ4v) is 3.27. The number of nitrogens with one attached hydrogen (secondary N) is 1. The van der Waals surface area contributed by atoms with Gasteiger partial charge in [-0.25, -0.2) is 0 Å². The summed E-state index contributed by atoms with van der Waals surface area (Å²) in [6, 6.07) is 14.2. The van der Waals surface area contributed by atoms with Crippen LogP contribution < -0.4 is 16.1 Å². The molecule has 1 aliphatic heterocycles. The predicted molar refractivity (Wildman–Crippen MR) is 115 cm³/mol. The first-order valence-corrected chi connectivity index (χ1v) is 9.49. The molecule has 1 aliphatic rings. The first-order valence-electron chi connectivity index (χ1n) is 9.12. The largest absolute Gasteiger partial charge is 0.488 e. The van der Waals surface area contributed by atoms with E-state index in [1.54, 1.807) is 24.3 Å². The zero-order valence-electron chi connectivity index (χ0n) is 15.5. The van der Waals surface area contributed by atoms with Gasteiger partial charge in [0.15, 0.2) is 0 Å². The van der Waals surface area contributed by atoms with Crippen LogP contribution in [0.15, 0.2) is 63.4 Å². The molecule has 0 amide bonds. The quantitative estimate of drug-likeness (QED) is 0.382. The van der Waals surface area contributed by atoms with E-state index in [0.29, 0.717) is 28.4 Å². The first-order chi connectivity index (χ1) is 14.1. The second-order valence-electron chi connectivity index (χ2n) is 6.61. The molecule has 1 saturated heterocycles. The van der Waals surface area contributed by atoms with Gasteiger partial charge in [0, 0.05) is 22.3 Å². The summed E-state index contributed by atoms with van der Waals surface area (Å²) >= 11 is 6.04. The summed E-state index contributed by atoms with van der Waals surface area (Å²) in [6.45, 7) is 1.34. The highest BCUT2D eigenvalue weighted by molar-refractivity contribution is 6.38. The maximum absolute atomic E-state index is 12.4. The summed E-state index contributed by atoms with van der Waals surface area (Å²) in [5.41, 5.74) is 1.63. The molecule has 1 atom stereocenters. The van der Waals surface area contributed by atoms with Gasteiger partial charge in [0.1, 0.15) is 17.6 Å². The molecule has 2 aromatic carbocycles. The van der Waals surface area contributed by atoms with Crippen molar-refractivity contribution in [2.24, 2.45) is 15.9 Å². The molecule has 0 spiro atoms. The number of aliphatic imine (C=N–C) groups is 1. The molecule has 8 heteroatoms. The van der Waals surface area contributed by atoms with E-state index in [1.807, 2.05) is 24.3 Å². The molecule has 1 aromatic heterocycles. The van der Waals surface area contributed by atoms with Gasteiger partial charge in [0.25, 0.3) is 5.56 Å². The van der Waals surface area contributed by atoms with Crippen LogP contribution in [0.5, 0.6) is 5.75 Å². The van der Waals surface area contributed by atoms with Crippen LogP contribution in [0.3, 0.4) is 0 Å². The van der Waals surface area contributed by atoms with E-state index in [-0.39, 0.29) is 17.4 Å². The third kappa shape index (κ3) is 4.47. The molecule has 3 aromatic rings. The van der Waals surface area contributed by atoms with Crippen molar-refractivity contribution < 1.29 is 9.47 Å². The Kier molecular flexibility index (Phi) is 5.59. The van der Waals surface area contributed by atoms with Gasteiger partial charge in [-0.1, -0.05) is 11.6 Å². The van der Waals surface area contributed by atoms with Crippen molar-refractivity contribution in [2.45, 2.75) is 12.5 Å². The maximum atomic E-state index is 12.4. The van der Waals surface area contributed by atoms with Gasteiger partial charge < -0.3 is 20.3 Å². The summed E-state index contributed by atoms with van der Waals surface area (Å²) in [5.74, 6) is 6.27. The monoisotopic (exact) mass is 410 g/mol. The average molecular weight is 411 g/mol. The summed E-state index contributed by atoms with van der Waals surface area (Å²) in [5, 5.41) is 5.07. The third-order valence-electron chi connectivity index (χ3n) is 4.58. The second-order valence-corrected chi connectivity index (χ2v) is 7.05. The summed E-state index contributed by atoms with van der Waals surface area (Å²) in [6.07, 6.45) is 2.44. The van der Waals surface area contributed by atoms with Crippen molar-refractivity contribution >= 4 is 40.1 Å². The van der Waals surface area contributed by atoms with Gasteiger partial charge >= 0.3 is 0 Å². The fourth-order valence-electron chi connectivity index (χ4n) is 3.08. The zero-order valence-corrected chi connectivity index (χ0v) is 16.2. The molecule has 1 fully saturated rings. The molecule has 4 rings (SSSR count). The lowest BCUT2D eigenvalue weighted by Crippen LogP contribution is -2.20. The lowest BCUT2D eigenvalue weighted by atomic mass is 10.1. The van der Waals surface area contributed by atoms with E-state index >= 15 is 0 Å². The van der Waals surface area contributed by atoms with Crippen molar-refractivity contribution in [2.75, 3.05) is 13.2 Å². The predicted octanol–water partition coefficient (Wildman–Crippen LogP) is 3.41. The molecule has 3 N–H and O–H groups in total. The molecule has 0 bridgehead atoms. The summed E-state index contributed by atoms with van der Waals surface area (Å²) in [7, 11) is 0. The number of hydrogen-bond acceptors (Lipinski definition) is 6. The SMILES string of the molecule is NN=C(C=Nc1ccc(OC2CCOC2)cc1)c1cc2cc(Cl)ccc2[nH]c1=O. The molecule has 7 nitrogen and oxygen atoms in total. The smallest absolute Gasteiger partial charge is 0.258 e. The number of halogens is 1. The molecule has 0 saturated carbocycles. The topological polar surface area (TPSA) is 102 Å². The van der Waals surface area contributed by atoms with E-state index in [9.17, 15) is 4.79 Å². The van der Waals surface area contributed by atoms with Crippen LogP contribution in [0.4, 0.5) is 5.69 Å². The van der Waals surface area contributed by atoms with Gasteiger partial charge in [-0.3, -0.25) is 9.79 Å². The van der Waals surface area contributed by atoms with E-state index in [1.165, 1.54) is 6.21 Å². The van der Waals surface area contributed by atoms with Crippen molar-refractivity contribution in [3.63, 3.8) is 0 Å². The van der Waals surface area contributed by atoms with Crippen molar-refractivity contribution in [1.82, 2.24) is 4.98 Å². The molecule has 148 valence electrons. The number of H-pyrrole nitrogens is 1. The Morgan fingerprint density at radius 1 is 1.24 bits per heavy atom. The molecule has 29 heavy (non-hydrogen) atoms. The van der Waals surface area contributed by atoms with Crippen molar-refractivity contribution in [3.05, 3.63) is 69.5 Å². The highest BCUT2D eigenvalue weighted by atomic mass is 35.5. The van der Waals surface area contributed by atoms with Gasteiger partial charge in [-0.2, -0.15) is 5.10 Å². The van der Waals surface area contributed by atoms with Crippen LogP contribution in [0.25, 0.3) is 10.9 Å². The van der Waals surface area contributed by atoms with E-state index in [2.05, 4.69) is 15.1 Å². The number of aromatic nitrogens is 1. The van der Waals surface area contributed by atoms with E-state index < -0.39 is 0 Å². The minimum absolute atomic E-state index is 0.0912. The number of hydrogen-bond donors (Lipinski definition) is 2. The van der Waals surface area contributed by atoms with Gasteiger partial charge in [0.05, 0.1) is 30.7 Å². The first kappa shape index (κ1) is 19.2. The molecular weight excluding hydrogens is 392 g/mol. The number of hydrazone groups is 1. The number of ether oxygens (including phenoxy) is 2. The normalized spacial score (nSPS) is 17.3. The number of nitrogens with two attached hydrogens (primary N) is 1. The lowest BCUT2D eigenvalue weighted by molar-refractivity contribution is 0.141. The Balaban J connectivity index is 1.54. The van der Waals surface area contributed by atoms with Crippen LogP contribution in [-0.4, -0.2) is 36.2 Å². The van der Waals surface area contributed by atoms with E-state index in [0.717, 1.165) is 24.2 Å². The Bertz CT molecular complexity index is 1130. The van der Waals surface area contributed by atoms with E-state index in [4.69, 9.17) is 26.9 Å². The Hall–Kier alpha value is -3.16. The standard InChI is InChI=1S/C21H19ClN4O3/c22-14-1-6-19-13(9-14)10-18(21(27)25-19)20(26-23)11-24-15-2-4-16(5-3-15)29-17-7-8-28-12-17/h1-6,9-11,17H,7-8,12,23H2,(H,25,27). The molecular formula is C21H19ClN4O3. The minimum atomic E-state index is -0.307. The van der Waals surface area contributed by atoms with Crippen LogP contribution in [-0.2, 0) is 4.74 Å². The summed E-state index contributed by atoms with van der Waals surface area (Å²) in [4.78, 5) is 19.6. The Morgan fingerprint density at radius 2 is 2.07 bits per heavy atom. The van der Waals surface area contributed by atoms with Gasteiger partial charge in [-0.15, -0.1) is 0 Å². The fraction of sp³-hybridized carbons (Fsp3) is 0.190. The number of fused-ring (bicyclic) bond motifs is 1. The third-order valence-corrected chi connectivity index (χ3v) is 4.82. The summed E-state index contributed by atoms with van der Waals surface area (Å²) < 4.78 is 11.1. The maximum Gasteiger partial charge on any atom is 0.258 e. The number of nitrogens with zero attached hydrogens (tertiary/aromatic N) is 2.